The van der Waals surface area contributed by atoms with E-state index in [4.69, 9.17) is 0 Å². The van der Waals surface area contributed by atoms with Crippen LogP contribution in [0.2, 0.25) is 0 Å². The Bertz CT molecular complexity index is 1020. The lowest BCUT2D eigenvalue weighted by Gasteiger charge is -2.27. The van der Waals surface area contributed by atoms with Crippen molar-refractivity contribution in [2.24, 2.45) is 0 Å². The highest BCUT2D eigenvalue weighted by Crippen LogP contribution is 2.56. The smallest absolute Gasteiger partial charge is 0.155 e. The van der Waals surface area contributed by atoms with Crippen LogP contribution in [-0.2, 0) is 4.57 Å². The second-order valence-corrected chi connectivity index (χ2v) is 10.4. The molecule has 2 unspecified atom stereocenters. The zero-order valence-electron chi connectivity index (χ0n) is 14.1. The van der Waals surface area contributed by atoms with Crippen LogP contribution in [0.5, 0.6) is 0 Å². The molecule has 0 aliphatic heterocycles. The first kappa shape index (κ1) is 17.5. The van der Waals surface area contributed by atoms with E-state index < -0.39 is 7.14 Å². The van der Waals surface area contributed by atoms with E-state index in [0.29, 0.717) is 0 Å². The van der Waals surface area contributed by atoms with Crippen molar-refractivity contribution < 1.29 is 4.57 Å². The van der Waals surface area contributed by atoms with Crippen LogP contribution in [-0.4, -0.2) is 5.66 Å². The minimum atomic E-state index is -2.89. The van der Waals surface area contributed by atoms with E-state index >= 15 is 0 Å². The molecule has 1 aliphatic carbocycles. The largest absolute Gasteiger partial charge is 0.313 e. The standard InChI is InChI=1S/C23H18IOP/c24-21-15-9-17-23(21)26(25,19-12-5-2-6-13-19)22-16-8-7-14-20(22)18-10-3-1-4-11-18/h1-17,23H. The molecular formula is C23H18IOP. The Balaban J connectivity index is 2.00. The van der Waals surface area contributed by atoms with Crippen LogP contribution < -0.4 is 10.6 Å². The van der Waals surface area contributed by atoms with Gasteiger partial charge in [-0.05, 0) is 33.7 Å². The van der Waals surface area contributed by atoms with Gasteiger partial charge in [-0.3, -0.25) is 0 Å². The van der Waals surface area contributed by atoms with E-state index in [0.717, 1.165) is 25.3 Å². The topological polar surface area (TPSA) is 17.1 Å². The summed E-state index contributed by atoms with van der Waals surface area (Å²) in [5.74, 6) is 0. The molecule has 4 rings (SSSR count). The third kappa shape index (κ3) is 3.02. The molecule has 1 aliphatic rings. The number of hydrogen-bond donors (Lipinski definition) is 0. The highest BCUT2D eigenvalue weighted by atomic mass is 127. The first-order valence-electron chi connectivity index (χ1n) is 8.55. The van der Waals surface area contributed by atoms with Gasteiger partial charge < -0.3 is 4.57 Å². The summed E-state index contributed by atoms with van der Waals surface area (Å²) < 4.78 is 15.8. The first-order chi connectivity index (χ1) is 12.7. The fourth-order valence-corrected chi connectivity index (χ4v) is 8.21. The predicted molar refractivity (Wildman–Crippen MR) is 120 cm³/mol. The summed E-state index contributed by atoms with van der Waals surface area (Å²) in [5.41, 5.74) is 2.04. The SMILES string of the molecule is O=P(c1ccccc1)(c1ccccc1-c1ccccc1)C1C=CC=C1I. The van der Waals surface area contributed by atoms with Crippen LogP contribution in [0.1, 0.15) is 0 Å². The summed E-state index contributed by atoms with van der Waals surface area (Å²) in [7, 11) is -2.89. The van der Waals surface area contributed by atoms with Gasteiger partial charge >= 0.3 is 0 Å². The van der Waals surface area contributed by atoms with Gasteiger partial charge in [0.15, 0.2) is 7.14 Å². The molecule has 0 saturated carbocycles. The van der Waals surface area contributed by atoms with Crippen molar-refractivity contribution in [2.45, 2.75) is 5.66 Å². The van der Waals surface area contributed by atoms with Gasteiger partial charge in [0.25, 0.3) is 0 Å². The Morgan fingerprint density at radius 2 is 1.38 bits per heavy atom. The second-order valence-electron chi connectivity index (χ2n) is 6.26. The molecule has 1 nitrogen and oxygen atoms in total. The van der Waals surface area contributed by atoms with Crippen LogP contribution in [0.4, 0.5) is 0 Å². The van der Waals surface area contributed by atoms with E-state index in [2.05, 4.69) is 52.9 Å². The maximum Gasteiger partial charge on any atom is 0.155 e. The average molecular weight is 468 g/mol. The molecule has 3 heteroatoms. The normalized spacial score (nSPS) is 18.3. The van der Waals surface area contributed by atoms with E-state index in [1.165, 1.54) is 0 Å². The molecule has 0 aromatic heterocycles. The van der Waals surface area contributed by atoms with Crippen molar-refractivity contribution in [2.75, 3.05) is 0 Å². The monoisotopic (exact) mass is 468 g/mol. The molecule has 3 aromatic carbocycles. The minimum Gasteiger partial charge on any atom is -0.313 e. The van der Waals surface area contributed by atoms with Crippen molar-refractivity contribution >= 4 is 40.3 Å². The number of benzene rings is 3. The van der Waals surface area contributed by atoms with Gasteiger partial charge in [-0.25, -0.2) is 0 Å². The van der Waals surface area contributed by atoms with Crippen LogP contribution in [0.15, 0.2) is 107 Å². The van der Waals surface area contributed by atoms with E-state index in [9.17, 15) is 4.57 Å². The highest BCUT2D eigenvalue weighted by Gasteiger charge is 2.39. The summed E-state index contributed by atoms with van der Waals surface area (Å²) in [6.07, 6.45) is 6.16. The van der Waals surface area contributed by atoms with Gasteiger partial charge in [0.1, 0.15) is 0 Å². The summed E-state index contributed by atoms with van der Waals surface area (Å²) in [4.78, 5) is 0. The van der Waals surface area contributed by atoms with Crippen LogP contribution >= 0.6 is 29.7 Å². The van der Waals surface area contributed by atoms with Crippen LogP contribution in [0.3, 0.4) is 0 Å². The summed E-state index contributed by atoms with van der Waals surface area (Å²) >= 11 is 2.33. The Morgan fingerprint density at radius 3 is 2.04 bits per heavy atom. The third-order valence-electron chi connectivity index (χ3n) is 4.71. The Morgan fingerprint density at radius 1 is 0.769 bits per heavy atom. The van der Waals surface area contributed by atoms with Gasteiger partial charge in [0.2, 0.25) is 0 Å². The molecule has 128 valence electrons. The Hall–Kier alpha value is -1.90. The summed E-state index contributed by atoms with van der Waals surface area (Å²) in [6, 6.07) is 28.3. The van der Waals surface area contributed by atoms with E-state index in [-0.39, 0.29) is 5.66 Å². The molecular weight excluding hydrogens is 450 g/mol. The fourth-order valence-electron chi connectivity index (χ4n) is 3.46. The summed E-state index contributed by atoms with van der Waals surface area (Å²) in [5, 5.41) is 1.83. The number of hydrogen-bond acceptors (Lipinski definition) is 1. The molecule has 0 spiro atoms. The van der Waals surface area contributed by atoms with Gasteiger partial charge in [-0.1, -0.05) is 103 Å². The zero-order chi connectivity index (χ0) is 18.0. The first-order valence-corrected chi connectivity index (χ1v) is 11.4. The number of halogens is 1. The molecule has 0 amide bonds. The second kappa shape index (κ2) is 7.38. The minimum absolute atomic E-state index is 0.102. The van der Waals surface area contributed by atoms with Crippen molar-refractivity contribution in [1.82, 2.24) is 0 Å². The maximum atomic E-state index is 14.7. The molecule has 0 fully saturated rings. The van der Waals surface area contributed by atoms with Gasteiger partial charge in [-0.15, -0.1) is 0 Å². The maximum absolute atomic E-state index is 14.7. The van der Waals surface area contributed by atoms with Crippen molar-refractivity contribution in [3.63, 3.8) is 0 Å². The fraction of sp³-hybridized carbons (Fsp3) is 0.0435. The quantitative estimate of drug-likeness (QED) is 0.343. The zero-order valence-corrected chi connectivity index (χ0v) is 17.2. The molecule has 26 heavy (non-hydrogen) atoms. The molecule has 0 N–H and O–H groups in total. The summed E-state index contributed by atoms with van der Waals surface area (Å²) in [6.45, 7) is 0. The van der Waals surface area contributed by atoms with Gasteiger partial charge in [0, 0.05) is 14.2 Å². The Kier molecular flexibility index (Phi) is 4.97. The predicted octanol–water partition coefficient (Wildman–Crippen LogP) is 5.92. The number of rotatable bonds is 4. The molecule has 2 atom stereocenters. The Labute approximate surface area is 168 Å². The van der Waals surface area contributed by atoms with Crippen LogP contribution in [0.25, 0.3) is 11.1 Å². The van der Waals surface area contributed by atoms with E-state index in [1.807, 2.05) is 72.8 Å². The van der Waals surface area contributed by atoms with Crippen LogP contribution in [0, 0.1) is 0 Å². The van der Waals surface area contributed by atoms with Crippen molar-refractivity contribution in [1.29, 1.82) is 0 Å². The van der Waals surface area contributed by atoms with Gasteiger partial charge in [-0.2, -0.15) is 0 Å². The molecule has 0 radical (unpaired) electrons. The molecule has 0 bridgehead atoms. The molecule has 3 aromatic rings. The average Bonchev–Trinajstić information content (AvgIpc) is 3.15. The van der Waals surface area contributed by atoms with Crippen molar-refractivity contribution in [3.05, 3.63) is 107 Å². The number of allylic oxidation sites excluding steroid dienone is 4. The third-order valence-corrected chi connectivity index (χ3v) is 9.64. The lowest BCUT2D eigenvalue weighted by atomic mass is 10.1. The van der Waals surface area contributed by atoms with Crippen molar-refractivity contribution in [3.8, 4) is 11.1 Å². The van der Waals surface area contributed by atoms with E-state index in [1.54, 1.807) is 0 Å². The van der Waals surface area contributed by atoms with Gasteiger partial charge in [0.05, 0.1) is 5.66 Å². The molecule has 0 saturated heterocycles. The molecule has 0 heterocycles. The lowest BCUT2D eigenvalue weighted by Crippen LogP contribution is -2.25. The lowest BCUT2D eigenvalue weighted by molar-refractivity contribution is 0.586. The highest BCUT2D eigenvalue weighted by molar-refractivity contribution is 14.1.